The van der Waals surface area contributed by atoms with Crippen molar-refractivity contribution in [2.24, 2.45) is 0 Å². The predicted octanol–water partition coefficient (Wildman–Crippen LogP) is 1.68. The van der Waals surface area contributed by atoms with E-state index in [1.807, 2.05) is 6.07 Å². The van der Waals surface area contributed by atoms with Gasteiger partial charge in [-0.25, -0.2) is 8.42 Å². The molecule has 152 valence electrons. The van der Waals surface area contributed by atoms with Crippen molar-refractivity contribution in [1.82, 2.24) is 9.21 Å². The van der Waals surface area contributed by atoms with Gasteiger partial charge in [0.1, 0.15) is 5.75 Å². The van der Waals surface area contributed by atoms with Crippen molar-refractivity contribution < 1.29 is 22.9 Å². The van der Waals surface area contributed by atoms with Crippen molar-refractivity contribution in [3.8, 4) is 5.75 Å². The highest BCUT2D eigenvalue weighted by molar-refractivity contribution is 7.89. The van der Waals surface area contributed by atoms with E-state index in [2.05, 4.69) is 0 Å². The molecule has 0 unspecified atom stereocenters. The van der Waals surface area contributed by atoms with E-state index in [0.717, 1.165) is 17.7 Å². The number of para-hydroxylation sites is 1. The number of sulfonamides is 1. The third-order valence-corrected chi connectivity index (χ3v) is 7.09. The molecule has 0 N–H and O–H groups in total. The van der Waals surface area contributed by atoms with Crippen LogP contribution in [0, 0.1) is 10.1 Å². The van der Waals surface area contributed by atoms with Gasteiger partial charge in [0.2, 0.25) is 10.0 Å². The number of benzene rings is 2. The fraction of sp³-hybridized carbons (Fsp3) is 0.316. The van der Waals surface area contributed by atoms with Gasteiger partial charge in [0.25, 0.3) is 11.6 Å². The highest BCUT2D eigenvalue weighted by Gasteiger charge is 2.34. The number of ether oxygens (including phenoxy) is 1. The maximum Gasteiger partial charge on any atom is 0.289 e. The van der Waals surface area contributed by atoms with Gasteiger partial charge in [0.05, 0.1) is 11.5 Å². The Morgan fingerprint density at radius 1 is 1.07 bits per heavy atom. The fourth-order valence-corrected chi connectivity index (χ4v) is 5.18. The third-order valence-electron chi connectivity index (χ3n) is 5.14. The van der Waals surface area contributed by atoms with Crippen LogP contribution in [0.3, 0.4) is 0 Å². The zero-order chi connectivity index (χ0) is 20.6. The molecule has 1 fully saturated rings. The van der Waals surface area contributed by atoms with Gasteiger partial charge in [-0.2, -0.15) is 4.31 Å². The molecule has 2 aromatic carbocycles. The number of rotatable bonds is 4. The van der Waals surface area contributed by atoms with Gasteiger partial charge in [-0.1, -0.05) is 12.1 Å². The van der Waals surface area contributed by atoms with Crippen molar-refractivity contribution in [2.75, 3.05) is 32.8 Å². The van der Waals surface area contributed by atoms with Crippen molar-refractivity contribution in [2.45, 2.75) is 11.3 Å². The van der Waals surface area contributed by atoms with Crippen LogP contribution in [-0.4, -0.2) is 61.2 Å². The van der Waals surface area contributed by atoms with E-state index in [1.165, 1.54) is 28.6 Å². The van der Waals surface area contributed by atoms with Crippen molar-refractivity contribution in [3.05, 3.63) is 63.7 Å². The standard InChI is InChI=1S/C19H19N3O6S/c23-19(15-5-6-17-14(13-15)7-12-28-17)20-8-10-21(11-9-20)29(26,27)18-4-2-1-3-16(18)22(24)25/h1-6,13H,7-12H2. The molecule has 0 spiro atoms. The second-order valence-corrected chi connectivity index (χ2v) is 8.75. The number of hydrogen-bond acceptors (Lipinski definition) is 6. The molecule has 1 saturated heterocycles. The van der Waals surface area contributed by atoms with Crippen LogP contribution in [0.1, 0.15) is 15.9 Å². The molecule has 0 atom stereocenters. The Labute approximate surface area is 167 Å². The zero-order valence-corrected chi connectivity index (χ0v) is 16.3. The van der Waals surface area contributed by atoms with E-state index in [1.54, 1.807) is 17.0 Å². The molecule has 2 aliphatic rings. The van der Waals surface area contributed by atoms with E-state index in [-0.39, 0.29) is 37.0 Å². The lowest BCUT2D eigenvalue weighted by atomic mass is 10.1. The zero-order valence-electron chi connectivity index (χ0n) is 15.5. The molecule has 2 heterocycles. The van der Waals surface area contributed by atoms with Gasteiger partial charge >= 0.3 is 0 Å². The van der Waals surface area contributed by atoms with Crippen LogP contribution in [-0.2, 0) is 16.4 Å². The molecule has 10 heteroatoms. The average Bonchev–Trinajstić information content (AvgIpc) is 3.21. The number of nitro groups is 1. The smallest absolute Gasteiger partial charge is 0.289 e. The minimum absolute atomic E-state index is 0.0776. The summed E-state index contributed by atoms with van der Waals surface area (Å²) < 4.78 is 32.4. The Morgan fingerprint density at radius 2 is 1.79 bits per heavy atom. The summed E-state index contributed by atoms with van der Waals surface area (Å²) in [6.45, 7) is 1.19. The molecule has 0 radical (unpaired) electrons. The first-order valence-electron chi connectivity index (χ1n) is 9.16. The van der Waals surface area contributed by atoms with E-state index in [4.69, 9.17) is 4.74 Å². The lowest BCUT2D eigenvalue weighted by molar-refractivity contribution is -0.387. The number of nitrogens with zero attached hydrogens (tertiary/aromatic N) is 3. The summed E-state index contributed by atoms with van der Waals surface area (Å²) in [4.78, 5) is 24.6. The summed E-state index contributed by atoms with van der Waals surface area (Å²) in [5.41, 5.74) is 1.09. The van der Waals surface area contributed by atoms with Crippen molar-refractivity contribution in [1.29, 1.82) is 0 Å². The normalized spacial score (nSPS) is 16.9. The van der Waals surface area contributed by atoms with Gasteiger partial charge in [-0.15, -0.1) is 0 Å². The Hall–Kier alpha value is -2.98. The molecule has 0 aromatic heterocycles. The van der Waals surface area contributed by atoms with Crippen molar-refractivity contribution >= 4 is 21.6 Å². The number of fused-ring (bicyclic) bond motifs is 1. The predicted molar refractivity (Wildman–Crippen MR) is 103 cm³/mol. The highest BCUT2D eigenvalue weighted by atomic mass is 32.2. The SMILES string of the molecule is O=C(c1ccc2c(c1)CCO2)N1CCN(S(=O)(=O)c2ccccc2[N+](=O)[O-])CC1. The first kappa shape index (κ1) is 19.3. The Morgan fingerprint density at radius 3 is 2.52 bits per heavy atom. The Bertz CT molecular complexity index is 1080. The number of hydrogen-bond donors (Lipinski definition) is 0. The van der Waals surface area contributed by atoms with Gasteiger partial charge in [-0.3, -0.25) is 14.9 Å². The number of amides is 1. The second-order valence-electron chi connectivity index (χ2n) is 6.84. The quantitative estimate of drug-likeness (QED) is 0.553. The molecule has 9 nitrogen and oxygen atoms in total. The first-order valence-corrected chi connectivity index (χ1v) is 10.6. The maximum absolute atomic E-state index is 12.9. The summed E-state index contributed by atoms with van der Waals surface area (Å²) in [5.74, 6) is 0.629. The van der Waals surface area contributed by atoms with Gasteiger partial charge in [0.15, 0.2) is 4.90 Å². The van der Waals surface area contributed by atoms with Crippen LogP contribution < -0.4 is 4.74 Å². The largest absolute Gasteiger partial charge is 0.493 e. The first-order chi connectivity index (χ1) is 13.9. The van der Waals surface area contributed by atoms with E-state index >= 15 is 0 Å². The number of nitro benzene ring substituents is 1. The monoisotopic (exact) mass is 417 g/mol. The molecule has 0 aliphatic carbocycles. The summed E-state index contributed by atoms with van der Waals surface area (Å²) in [6.07, 6.45) is 0.762. The molecule has 2 aromatic rings. The van der Waals surface area contributed by atoms with Crippen LogP contribution in [0.5, 0.6) is 5.75 Å². The Kier molecular flexibility index (Phi) is 4.97. The lowest BCUT2D eigenvalue weighted by Gasteiger charge is -2.34. The van der Waals surface area contributed by atoms with Crippen LogP contribution in [0.15, 0.2) is 47.4 Å². The average molecular weight is 417 g/mol. The molecule has 2 aliphatic heterocycles. The molecule has 4 rings (SSSR count). The number of piperazine rings is 1. The highest BCUT2D eigenvalue weighted by Crippen LogP contribution is 2.28. The summed E-state index contributed by atoms with van der Waals surface area (Å²) in [5, 5.41) is 11.2. The minimum Gasteiger partial charge on any atom is -0.493 e. The molecule has 0 saturated carbocycles. The van der Waals surface area contributed by atoms with Crippen molar-refractivity contribution in [3.63, 3.8) is 0 Å². The molecule has 1 amide bonds. The van der Waals surface area contributed by atoms with Crippen LogP contribution in [0.2, 0.25) is 0 Å². The van der Waals surface area contributed by atoms with Gasteiger partial charge in [0, 0.05) is 44.2 Å². The number of carbonyl (C=O) groups is 1. The summed E-state index contributed by atoms with van der Waals surface area (Å²) in [6, 6.07) is 10.6. The second kappa shape index (κ2) is 7.45. The topological polar surface area (TPSA) is 110 Å². The lowest BCUT2D eigenvalue weighted by Crippen LogP contribution is -2.50. The van der Waals surface area contributed by atoms with Gasteiger partial charge < -0.3 is 9.64 Å². The fourth-order valence-electron chi connectivity index (χ4n) is 3.60. The number of carbonyl (C=O) groups excluding carboxylic acids is 1. The molecule has 0 bridgehead atoms. The van der Waals surface area contributed by atoms with Gasteiger partial charge in [-0.05, 0) is 29.8 Å². The summed E-state index contributed by atoms with van der Waals surface area (Å²) in [7, 11) is -4.02. The third kappa shape index (κ3) is 3.56. The Balaban J connectivity index is 1.48. The van der Waals surface area contributed by atoms with Crippen LogP contribution in [0.4, 0.5) is 5.69 Å². The maximum atomic E-state index is 12.9. The van der Waals surface area contributed by atoms with Crippen LogP contribution >= 0.6 is 0 Å². The molecular formula is C19H19N3O6S. The van der Waals surface area contributed by atoms with E-state index < -0.39 is 20.6 Å². The molecular weight excluding hydrogens is 398 g/mol. The van der Waals surface area contributed by atoms with E-state index in [0.29, 0.717) is 12.2 Å². The molecule has 29 heavy (non-hydrogen) atoms. The van der Waals surface area contributed by atoms with Crippen LogP contribution in [0.25, 0.3) is 0 Å². The minimum atomic E-state index is -4.02. The van der Waals surface area contributed by atoms with E-state index in [9.17, 15) is 23.3 Å². The summed E-state index contributed by atoms with van der Waals surface area (Å²) >= 11 is 0.